The van der Waals surface area contributed by atoms with Crippen molar-refractivity contribution in [2.45, 2.75) is 64.5 Å². The Bertz CT molecular complexity index is 527. The van der Waals surface area contributed by atoms with Crippen molar-refractivity contribution in [1.82, 2.24) is 0 Å². The lowest BCUT2D eigenvalue weighted by Crippen LogP contribution is -2.46. The quantitative estimate of drug-likeness (QED) is 0.759. The zero-order valence-electron chi connectivity index (χ0n) is 13.3. The third kappa shape index (κ3) is 2.80. The Balaban J connectivity index is 1.80. The summed E-state index contributed by atoms with van der Waals surface area (Å²) in [5.74, 6) is 1.14. The highest BCUT2D eigenvalue weighted by atomic mass is 19.1. The van der Waals surface area contributed by atoms with E-state index in [0.29, 0.717) is 11.2 Å². The molecule has 116 valence electrons. The molecule has 0 aromatic heterocycles. The van der Waals surface area contributed by atoms with E-state index in [4.69, 9.17) is 10.5 Å². The molecular weight excluding hydrogens is 265 g/mol. The van der Waals surface area contributed by atoms with Crippen molar-refractivity contribution in [3.8, 4) is 5.75 Å². The molecule has 0 amide bonds. The van der Waals surface area contributed by atoms with Crippen molar-refractivity contribution in [2.75, 3.05) is 0 Å². The van der Waals surface area contributed by atoms with Gasteiger partial charge in [-0.15, -0.1) is 0 Å². The number of hydrogen-bond donors (Lipinski definition) is 1. The molecule has 0 radical (unpaired) electrons. The van der Waals surface area contributed by atoms with E-state index >= 15 is 0 Å². The Morgan fingerprint density at radius 3 is 2.52 bits per heavy atom. The van der Waals surface area contributed by atoms with Gasteiger partial charge in [-0.1, -0.05) is 26.8 Å². The molecule has 1 fully saturated rings. The van der Waals surface area contributed by atoms with E-state index in [1.165, 1.54) is 25.0 Å². The van der Waals surface area contributed by atoms with E-state index in [1.807, 2.05) is 0 Å². The second-order valence-electron chi connectivity index (χ2n) is 7.92. The first-order valence-corrected chi connectivity index (χ1v) is 8.03. The van der Waals surface area contributed by atoms with Gasteiger partial charge in [-0.2, -0.15) is 0 Å². The maximum absolute atomic E-state index is 13.5. The van der Waals surface area contributed by atoms with Crippen LogP contribution in [0, 0.1) is 17.2 Å². The molecular formula is C18H26FNO. The normalized spacial score (nSPS) is 32.6. The number of nitrogens with two attached hydrogens (primary N) is 1. The first-order chi connectivity index (χ1) is 9.79. The molecule has 1 aliphatic carbocycles. The highest BCUT2D eigenvalue weighted by Crippen LogP contribution is 2.49. The minimum atomic E-state index is -0.249. The summed E-state index contributed by atoms with van der Waals surface area (Å²) in [7, 11) is 0. The van der Waals surface area contributed by atoms with Gasteiger partial charge in [0.15, 0.2) is 0 Å². The number of hydrogen-bond acceptors (Lipinski definition) is 2. The van der Waals surface area contributed by atoms with E-state index in [0.717, 1.165) is 30.7 Å². The van der Waals surface area contributed by atoms with Gasteiger partial charge < -0.3 is 10.5 Å². The standard InChI is InChI=1S/C18H26FNO/c1-17(2,3)12-6-8-18(9-7-12)11-15(20)14-5-4-13(19)10-16(14)21-18/h4-5,10,12,15H,6-9,11,20H2,1-3H3/t12?,15-,18?/m1/s1. The second-order valence-corrected chi connectivity index (χ2v) is 7.92. The first kappa shape index (κ1) is 14.8. The van der Waals surface area contributed by atoms with Crippen LogP contribution in [0.1, 0.15) is 64.5 Å². The lowest BCUT2D eigenvalue weighted by Gasteiger charge is -2.47. The van der Waals surface area contributed by atoms with Crippen LogP contribution in [0.4, 0.5) is 4.39 Å². The average molecular weight is 291 g/mol. The SMILES string of the molecule is CC(C)(C)C1CCC2(CC1)C[C@@H](N)c1ccc(F)cc1O2. The van der Waals surface area contributed by atoms with Gasteiger partial charge in [0.05, 0.1) is 0 Å². The van der Waals surface area contributed by atoms with Gasteiger partial charge in [-0.3, -0.25) is 0 Å². The van der Waals surface area contributed by atoms with Gasteiger partial charge in [0, 0.05) is 24.1 Å². The van der Waals surface area contributed by atoms with Crippen LogP contribution in [-0.2, 0) is 0 Å². The zero-order valence-corrected chi connectivity index (χ0v) is 13.3. The fraction of sp³-hybridized carbons (Fsp3) is 0.667. The monoisotopic (exact) mass is 291 g/mol. The fourth-order valence-corrected chi connectivity index (χ4v) is 4.00. The summed E-state index contributed by atoms with van der Waals surface area (Å²) in [4.78, 5) is 0. The highest BCUT2D eigenvalue weighted by molar-refractivity contribution is 5.39. The lowest BCUT2D eigenvalue weighted by atomic mass is 9.66. The van der Waals surface area contributed by atoms with Crippen LogP contribution < -0.4 is 10.5 Å². The van der Waals surface area contributed by atoms with Crippen LogP contribution in [0.25, 0.3) is 0 Å². The number of rotatable bonds is 0. The molecule has 1 saturated carbocycles. The van der Waals surface area contributed by atoms with Gasteiger partial charge >= 0.3 is 0 Å². The summed E-state index contributed by atoms with van der Waals surface area (Å²) >= 11 is 0. The Labute approximate surface area is 126 Å². The van der Waals surface area contributed by atoms with Gasteiger partial charge in [-0.25, -0.2) is 4.39 Å². The van der Waals surface area contributed by atoms with Gasteiger partial charge in [0.25, 0.3) is 0 Å². The molecule has 0 bridgehead atoms. The molecule has 2 nitrogen and oxygen atoms in total. The van der Waals surface area contributed by atoms with E-state index in [2.05, 4.69) is 20.8 Å². The minimum absolute atomic E-state index is 0.0412. The van der Waals surface area contributed by atoms with E-state index < -0.39 is 0 Å². The molecule has 0 saturated heterocycles. The lowest BCUT2D eigenvalue weighted by molar-refractivity contribution is -0.0256. The molecule has 0 unspecified atom stereocenters. The topological polar surface area (TPSA) is 35.2 Å². The van der Waals surface area contributed by atoms with Crippen molar-refractivity contribution in [2.24, 2.45) is 17.1 Å². The molecule has 1 aromatic rings. The molecule has 1 atom stereocenters. The Kier molecular flexibility index (Phi) is 3.52. The van der Waals surface area contributed by atoms with Gasteiger partial charge in [-0.05, 0) is 43.1 Å². The number of ether oxygens (including phenoxy) is 1. The van der Waals surface area contributed by atoms with E-state index in [1.54, 1.807) is 6.07 Å². The van der Waals surface area contributed by atoms with Crippen LogP contribution in [-0.4, -0.2) is 5.60 Å². The first-order valence-electron chi connectivity index (χ1n) is 8.03. The van der Waals surface area contributed by atoms with Crippen LogP contribution in [0.15, 0.2) is 18.2 Å². The second kappa shape index (κ2) is 4.98. The fourth-order valence-electron chi connectivity index (χ4n) is 4.00. The van der Waals surface area contributed by atoms with Gasteiger partial charge in [0.1, 0.15) is 17.2 Å². The Morgan fingerprint density at radius 1 is 1.24 bits per heavy atom. The summed E-state index contributed by atoms with van der Waals surface area (Å²) in [5.41, 5.74) is 7.44. The third-order valence-corrected chi connectivity index (χ3v) is 5.42. The Hall–Kier alpha value is -1.09. The molecule has 3 heteroatoms. The molecule has 1 aromatic carbocycles. The molecule has 21 heavy (non-hydrogen) atoms. The van der Waals surface area contributed by atoms with Crippen molar-refractivity contribution < 1.29 is 9.13 Å². The van der Waals surface area contributed by atoms with Crippen LogP contribution in [0.2, 0.25) is 0 Å². The zero-order chi connectivity index (χ0) is 15.3. The van der Waals surface area contributed by atoms with Crippen molar-refractivity contribution >= 4 is 0 Å². The van der Waals surface area contributed by atoms with Crippen molar-refractivity contribution in [3.63, 3.8) is 0 Å². The largest absolute Gasteiger partial charge is 0.487 e. The molecule has 2 N–H and O–H groups in total. The molecule has 1 heterocycles. The van der Waals surface area contributed by atoms with Crippen LogP contribution in [0.5, 0.6) is 5.75 Å². The predicted molar refractivity (Wildman–Crippen MR) is 82.7 cm³/mol. The summed E-state index contributed by atoms with van der Waals surface area (Å²) in [5, 5.41) is 0. The third-order valence-electron chi connectivity index (χ3n) is 5.42. The number of halogens is 1. The van der Waals surface area contributed by atoms with Crippen LogP contribution >= 0.6 is 0 Å². The number of benzene rings is 1. The maximum atomic E-state index is 13.5. The average Bonchev–Trinajstić information content (AvgIpc) is 2.37. The predicted octanol–water partition coefficient (Wildman–Crippen LogP) is 4.58. The van der Waals surface area contributed by atoms with Crippen molar-refractivity contribution in [3.05, 3.63) is 29.6 Å². The van der Waals surface area contributed by atoms with Crippen molar-refractivity contribution in [1.29, 1.82) is 0 Å². The van der Waals surface area contributed by atoms with E-state index in [9.17, 15) is 4.39 Å². The molecule has 2 aliphatic rings. The maximum Gasteiger partial charge on any atom is 0.127 e. The molecule has 1 spiro atoms. The summed E-state index contributed by atoms with van der Waals surface area (Å²) in [6, 6.07) is 4.69. The minimum Gasteiger partial charge on any atom is -0.487 e. The summed E-state index contributed by atoms with van der Waals surface area (Å²) in [6.07, 6.45) is 5.24. The van der Waals surface area contributed by atoms with E-state index in [-0.39, 0.29) is 17.5 Å². The van der Waals surface area contributed by atoms with Crippen LogP contribution in [0.3, 0.4) is 0 Å². The molecule has 3 rings (SSSR count). The number of fused-ring (bicyclic) bond motifs is 1. The van der Waals surface area contributed by atoms with Gasteiger partial charge in [0.2, 0.25) is 0 Å². The highest BCUT2D eigenvalue weighted by Gasteiger charge is 2.44. The summed E-state index contributed by atoms with van der Waals surface area (Å²) in [6.45, 7) is 6.94. The summed E-state index contributed by atoms with van der Waals surface area (Å²) < 4.78 is 19.7. The Morgan fingerprint density at radius 2 is 1.90 bits per heavy atom. The molecule has 1 aliphatic heterocycles. The smallest absolute Gasteiger partial charge is 0.127 e.